The highest BCUT2D eigenvalue weighted by molar-refractivity contribution is 5.75. The summed E-state index contributed by atoms with van der Waals surface area (Å²) in [6.45, 7) is 5.76. The number of aromatic nitrogens is 2. The number of hydrogen-bond donors (Lipinski definition) is 2. The Labute approximate surface area is 118 Å². The Hall–Kier alpha value is -2.14. The minimum absolute atomic E-state index is 0.267. The molecular formula is C15H18N4O. The number of rotatable bonds is 2. The molecule has 2 N–H and O–H groups in total. The number of benzene rings is 1. The zero-order valence-electron chi connectivity index (χ0n) is 11.5. The molecule has 0 amide bonds. The number of aromatic hydroxyl groups is 1. The maximum atomic E-state index is 9.42. The zero-order valence-corrected chi connectivity index (χ0v) is 11.5. The van der Waals surface area contributed by atoms with Crippen LogP contribution < -0.4 is 10.2 Å². The Morgan fingerprint density at radius 3 is 2.55 bits per heavy atom. The molecule has 0 radical (unpaired) electrons. The molecular weight excluding hydrogens is 252 g/mol. The Balaban J connectivity index is 2.03. The third kappa shape index (κ3) is 2.58. The van der Waals surface area contributed by atoms with E-state index in [0.29, 0.717) is 0 Å². The minimum atomic E-state index is 0.267. The number of anilines is 1. The van der Waals surface area contributed by atoms with Crippen molar-refractivity contribution in [2.75, 3.05) is 31.1 Å². The molecule has 0 aliphatic carbocycles. The summed E-state index contributed by atoms with van der Waals surface area (Å²) in [6, 6.07) is 7.16. The Morgan fingerprint density at radius 1 is 1.15 bits per heavy atom. The van der Waals surface area contributed by atoms with Crippen LogP contribution in [0.3, 0.4) is 0 Å². The van der Waals surface area contributed by atoms with Gasteiger partial charge in [0.25, 0.3) is 0 Å². The first kappa shape index (κ1) is 12.9. The molecule has 5 nitrogen and oxygen atoms in total. The molecule has 20 heavy (non-hydrogen) atoms. The Bertz CT molecular complexity index is 591. The molecule has 1 aromatic heterocycles. The highest BCUT2D eigenvalue weighted by Crippen LogP contribution is 2.29. The van der Waals surface area contributed by atoms with E-state index in [0.717, 1.165) is 48.9 Å². The lowest BCUT2D eigenvalue weighted by atomic mass is 10.1. The lowest BCUT2D eigenvalue weighted by molar-refractivity contribution is 0.475. The maximum absolute atomic E-state index is 9.42. The topological polar surface area (TPSA) is 61.3 Å². The summed E-state index contributed by atoms with van der Waals surface area (Å²) in [4.78, 5) is 11.2. The highest BCUT2D eigenvalue weighted by atomic mass is 16.3. The lowest BCUT2D eigenvalue weighted by Crippen LogP contribution is -2.43. The summed E-state index contributed by atoms with van der Waals surface area (Å²) in [5.74, 6) is 1.02. The van der Waals surface area contributed by atoms with Crippen molar-refractivity contribution in [3.05, 3.63) is 36.3 Å². The second-order valence-electron chi connectivity index (χ2n) is 4.93. The van der Waals surface area contributed by atoms with Crippen LogP contribution >= 0.6 is 0 Å². The largest absolute Gasteiger partial charge is 0.508 e. The van der Waals surface area contributed by atoms with Crippen LogP contribution in [0, 0.1) is 6.92 Å². The molecule has 2 heterocycles. The molecule has 0 atom stereocenters. The van der Waals surface area contributed by atoms with Gasteiger partial charge in [-0.1, -0.05) is 0 Å². The van der Waals surface area contributed by atoms with Crippen molar-refractivity contribution < 1.29 is 5.11 Å². The number of phenols is 1. The highest BCUT2D eigenvalue weighted by Gasteiger charge is 2.17. The van der Waals surface area contributed by atoms with Gasteiger partial charge < -0.3 is 15.3 Å². The summed E-state index contributed by atoms with van der Waals surface area (Å²) in [6.07, 6.45) is 1.90. The van der Waals surface area contributed by atoms with Crippen molar-refractivity contribution in [2.45, 2.75) is 6.92 Å². The van der Waals surface area contributed by atoms with E-state index < -0.39 is 0 Å². The molecule has 5 heteroatoms. The van der Waals surface area contributed by atoms with Crippen molar-refractivity contribution in [1.29, 1.82) is 0 Å². The number of hydrogen-bond acceptors (Lipinski definition) is 5. The number of phenolic OH excluding ortho intramolecular Hbond substituents is 1. The van der Waals surface area contributed by atoms with Gasteiger partial charge in [0.15, 0.2) is 0 Å². The molecule has 1 aliphatic rings. The van der Waals surface area contributed by atoms with Gasteiger partial charge in [0.1, 0.15) is 11.6 Å². The fourth-order valence-corrected chi connectivity index (χ4v) is 2.43. The molecule has 0 spiro atoms. The summed E-state index contributed by atoms with van der Waals surface area (Å²) in [5.41, 5.74) is 2.99. The second kappa shape index (κ2) is 5.46. The van der Waals surface area contributed by atoms with Crippen LogP contribution in [0.15, 0.2) is 30.5 Å². The zero-order chi connectivity index (χ0) is 13.9. The van der Waals surface area contributed by atoms with Gasteiger partial charge in [-0.25, -0.2) is 9.97 Å². The average molecular weight is 270 g/mol. The van der Waals surface area contributed by atoms with Gasteiger partial charge in [-0.2, -0.15) is 0 Å². The van der Waals surface area contributed by atoms with E-state index in [1.54, 1.807) is 12.1 Å². The fourth-order valence-electron chi connectivity index (χ4n) is 2.43. The predicted octanol–water partition coefficient (Wildman–Crippen LogP) is 1.57. The monoisotopic (exact) mass is 270 g/mol. The first-order chi connectivity index (χ1) is 9.74. The summed E-state index contributed by atoms with van der Waals surface area (Å²) in [7, 11) is 0. The van der Waals surface area contributed by atoms with Crippen molar-refractivity contribution in [3.8, 4) is 17.0 Å². The molecule has 2 aromatic rings. The molecule has 1 saturated heterocycles. The van der Waals surface area contributed by atoms with Crippen molar-refractivity contribution in [1.82, 2.24) is 15.3 Å². The number of aryl methyl sites for hydroxylation is 1. The fraction of sp³-hybridized carbons (Fsp3) is 0.333. The molecule has 0 unspecified atom stereocenters. The van der Waals surface area contributed by atoms with Crippen LogP contribution in [0.4, 0.5) is 5.69 Å². The SMILES string of the molecule is Cc1ncc(N2CCNCC2)c(-c2ccc(O)cc2)n1. The first-order valence-electron chi connectivity index (χ1n) is 6.83. The Kier molecular flexibility index (Phi) is 3.52. The lowest BCUT2D eigenvalue weighted by Gasteiger charge is -2.30. The molecule has 104 valence electrons. The quantitative estimate of drug-likeness (QED) is 0.867. The van der Waals surface area contributed by atoms with Crippen molar-refractivity contribution in [3.63, 3.8) is 0 Å². The van der Waals surface area contributed by atoms with Gasteiger partial charge >= 0.3 is 0 Å². The van der Waals surface area contributed by atoms with E-state index in [-0.39, 0.29) is 5.75 Å². The molecule has 0 saturated carbocycles. The van der Waals surface area contributed by atoms with E-state index >= 15 is 0 Å². The molecule has 3 rings (SSSR count). The molecule has 0 bridgehead atoms. The van der Waals surface area contributed by atoms with Crippen molar-refractivity contribution in [2.24, 2.45) is 0 Å². The van der Waals surface area contributed by atoms with Gasteiger partial charge in [0.05, 0.1) is 17.6 Å². The summed E-state index contributed by atoms with van der Waals surface area (Å²) >= 11 is 0. The van der Waals surface area contributed by atoms with E-state index in [4.69, 9.17) is 0 Å². The summed E-state index contributed by atoms with van der Waals surface area (Å²) < 4.78 is 0. The van der Waals surface area contributed by atoms with Crippen LogP contribution in [0.2, 0.25) is 0 Å². The van der Waals surface area contributed by atoms with Crippen molar-refractivity contribution >= 4 is 5.69 Å². The van der Waals surface area contributed by atoms with Crippen LogP contribution in [-0.4, -0.2) is 41.3 Å². The third-order valence-electron chi connectivity index (χ3n) is 3.49. The van der Waals surface area contributed by atoms with Gasteiger partial charge in [-0.3, -0.25) is 0 Å². The minimum Gasteiger partial charge on any atom is -0.508 e. The van der Waals surface area contributed by atoms with E-state index in [1.807, 2.05) is 25.3 Å². The predicted molar refractivity (Wildman–Crippen MR) is 79.0 cm³/mol. The normalized spacial score (nSPS) is 15.3. The van der Waals surface area contributed by atoms with E-state index in [2.05, 4.69) is 20.2 Å². The molecule has 1 aromatic carbocycles. The van der Waals surface area contributed by atoms with Crippen LogP contribution in [0.25, 0.3) is 11.3 Å². The van der Waals surface area contributed by atoms with E-state index in [9.17, 15) is 5.11 Å². The smallest absolute Gasteiger partial charge is 0.126 e. The van der Waals surface area contributed by atoms with Gasteiger partial charge in [-0.05, 0) is 31.2 Å². The van der Waals surface area contributed by atoms with Gasteiger partial charge in [0, 0.05) is 31.7 Å². The first-order valence-corrected chi connectivity index (χ1v) is 6.83. The third-order valence-corrected chi connectivity index (χ3v) is 3.49. The number of piperazine rings is 1. The number of nitrogens with one attached hydrogen (secondary N) is 1. The van der Waals surface area contributed by atoms with Crippen LogP contribution in [0.1, 0.15) is 5.82 Å². The van der Waals surface area contributed by atoms with Gasteiger partial charge in [-0.15, -0.1) is 0 Å². The van der Waals surface area contributed by atoms with Crippen LogP contribution in [0.5, 0.6) is 5.75 Å². The Morgan fingerprint density at radius 2 is 1.85 bits per heavy atom. The number of nitrogens with zero attached hydrogens (tertiary/aromatic N) is 3. The standard InChI is InChI=1S/C15H18N4O/c1-11-17-10-14(19-8-6-16-7-9-19)15(18-11)12-2-4-13(20)5-3-12/h2-5,10,16,20H,6-9H2,1H3. The summed E-state index contributed by atoms with van der Waals surface area (Å²) in [5, 5.41) is 12.8. The average Bonchev–Trinajstić information content (AvgIpc) is 2.49. The maximum Gasteiger partial charge on any atom is 0.126 e. The molecule has 1 aliphatic heterocycles. The van der Waals surface area contributed by atoms with Gasteiger partial charge in [0.2, 0.25) is 0 Å². The van der Waals surface area contributed by atoms with E-state index in [1.165, 1.54) is 0 Å². The second-order valence-corrected chi connectivity index (χ2v) is 4.93. The van der Waals surface area contributed by atoms with Crippen LogP contribution in [-0.2, 0) is 0 Å². The molecule has 1 fully saturated rings.